The highest BCUT2D eigenvalue weighted by Gasteiger charge is 2.12. The molecule has 0 saturated heterocycles. The van der Waals surface area contributed by atoms with E-state index >= 15 is 0 Å². The number of thiazole rings is 1. The van der Waals surface area contributed by atoms with E-state index in [0.717, 1.165) is 11.6 Å². The zero-order valence-corrected chi connectivity index (χ0v) is 17.5. The first-order valence-electron chi connectivity index (χ1n) is 9.63. The maximum Gasteiger partial charge on any atom is 0.271 e. The molecule has 0 saturated carbocycles. The zero-order valence-electron chi connectivity index (χ0n) is 16.6. The van der Waals surface area contributed by atoms with Crippen LogP contribution in [-0.4, -0.2) is 10.9 Å². The van der Waals surface area contributed by atoms with Crippen LogP contribution in [0.4, 0.5) is 13.2 Å². The van der Waals surface area contributed by atoms with E-state index < -0.39 is 11.6 Å². The zero-order chi connectivity index (χ0) is 22.5. The summed E-state index contributed by atoms with van der Waals surface area (Å²) in [7, 11) is 0. The van der Waals surface area contributed by atoms with Gasteiger partial charge >= 0.3 is 0 Å². The highest BCUT2D eigenvalue weighted by Crippen LogP contribution is 2.26. The van der Waals surface area contributed by atoms with Crippen molar-refractivity contribution in [2.75, 3.05) is 0 Å². The highest BCUT2D eigenvalue weighted by molar-refractivity contribution is 7.13. The molecule has 1 aromatic heterocycles. The van der Waals surface area contributed by atoms with E-state index in [0.29, 0.717) is 21.9 Å². The van der Waals surface area contributed by atoms with Crippen molar-refractivity contribution in [2.45, 2.75) is 13.2 Å². The van der Waals surface area contributed by atoms with E-state index in [1.165, 1.54) is 35.6 Å². The van der Waals surface area contributed by atoms with Crippen molar-refractivity contribution in [1.29, 1.82) is 0 Å². The van der Waals surface area contributed by atoms with Crippen LogP contribution >= 0.6 is 11.3 Å². The van der Waals surface area contributed by atoms with Crippen molar-refractivity contribution < 1.29 is 22.7 Å². The average Bonchev–Trinajstić information content (AvgIpc) is 3.26. The summed E-state index contributed by atoms with van der Waals surface area (Å²) >= 11 is 1.32. The van der Waals surface area contributed by atoms with Gasteiger partial charge in [0, 0.05) is 23.6 Å². The van der Waals surface area contributed by atoms with Crippen LogP contribution in [0.3, 0.4) is 0 Å². The molecule has 0 aliphatic heterocycles. The van der Waals surface area contributed by atoms with Gasteiger partial charge in [0.25, 0.3) is 5.91 Å². The lowest BCUT2D eigenvalue weighted by atomic mass is 10.2. The van der Waals surface area contributed by atoms with Gasteiger partial charge in [-0.3, -0.25) is 4.79 Å². The summed E-state index contributed by atoms with van der Waals surface area (Å²) in [4.78, 5) is 16.7. The minimum Gasteiger partial charge on any atom is -0.489 e. The highest BCUT2D eigenvalue weighted by atomic mass is 32.1. The predicted octanol–water partition coefficient (Wildman–Crippen LogP) is 5.74. The number of nitrogens with zero attached hydrogens (tertiary/aromatic N) is 1. The van der Waals surface area contributed by atoms with Gasteiger partial charge in [0.05, 0.1) is 0 Å². The monoisotopic (exact) mass is 454 g/mol. The van der Waals surface area contributed by atoms with E-state index in [9.17, 15) is 18.0 Å². The van der Waals surface area contributed by atoms with Crippen LogP contribution in [-0.2, 0) is 13.2 Å². The molecule has 32 heavy (non-hydrogen) atoms. The molecule has 3 aromatic carbocycles. The van der Waals surface area contributed by atoms with Crippen LogP contribution < -0.4 is 10.1 Å². The summed E-state index contributed by atoms with van der Waals surface area (Å²) in [5.74, 6) is -1.48. The molecule has 1 N–H and O–H groups in total. The summed E-state index contributed by atoms with van der Waals surface area (Å²) < 4.78 is 45.3. The molecular weight excluding hydrogens is 437 g/mol. The maximum absolute atomic E-state index is 13.3. The molecule has 0 fully saturated rings. The lowest BCUT2D eigenvalue weighted by Gasteiger charge is -2.07. The summed E-state index contributed by atoms with van der Waals surface area (Å²) in [5.41, 5.74) is 2.11. The number of aromatic nitrogens is 1. The van der Waals surface area contributed by atoms with E-state index in [-0.39, 0.29) is 30.6 Å². The van der Waals surface area contributed by atoms with Gasteiger partial charge in [-0.1, -0.05) is 12.1 Å². The normalized spacial score (nSPS) is 10.7. The van der Waals surface area contributed by atoms with Crippen molar-refractivity contribution in [3.63, 3.8) is 0 Å². The Labute approximate surface area is 186 Å². The SMILES string of the molecule is O=C(NCc1cccc(F)c1)c1csc(-c2ccc(OCc3cc(F)cc(F)c3)cc2)n1. The van der Waals surface area contributed by atoms with Gasteiger partial charge in [0.2, 0.25) is 0 Å². The van der Waals surface area contributed by atoms with Gasteiger partial charge in [0.1, 0.15) is 40.5 Å². The fraction of sp³-hybridized carbons (Fsp3) is 0.0833. The minimum absolute atomic E-state index is 0.0287. The summed E-state index contributed by atoms with van der Waals surface area (Å²) in [6, 6.07) is 16.3. The topological polar surface area (TPSA) is 51.2 Å². The Morgan fingerprint density at radius 3 is 2.34 bits per heavy atom. The van der Waals surface area contributed by atoms with E-state index in [1.807, 2.05) is 0 Å². The number of ether oxygens (including phenoxy) is 1. The lowest BCUT2D eigenvalue weighted by molar-refractivity contribution is 0.0946. The summed E-state index contributed by atoms with van der Waals surface area (Å²) in [5, 5.41) is 5.03. The Balaban J connectivity index is 1.35. The van der Waals surface area contributed by atoms with Gasteiger partial charge in [-0.15, -0.1) is 11.3 Å². The van der Waals surface area contributed by atoms with Gasteiger partial charge in [-0.25, -0.2) is 18.2 Å². The Hall–Kier alpha value is -3.65. The number of carbonyl (C=O) groups is 1. The van der Waals surface area contributed by atoms with Crippen molar-refractivity contribution in [3.05, 3.63) is 106 Å². The van der Waals surface area contributed by atoms with Crippen LogP contribution in [0.2, 0.25) is 0 Å². The average molecular weight is 454 g/mol. The summed E-state index contributed by atoms with van der Waals surface area (Å²) in [6.07, 6.45) is 0. The lowest BCUT2D eigenvalue weighted by Crippen LogP contribution is -2.23. The molecule has 0 spiro atoms. The molecule has 0 bridgehead atoms. The quantitative estimate of drug-likeness (QED) is 0.388. The number of carbonyl (C=O) groups excluding carboxylic acids is 1. The van der Waals surface area contributed by atoms with Gasteiger partial charge < -0.3 is 10.1 Å². The Morgan fingerprint density at radius 2 is 1.62 bits per heavy atom. The van der Waals surface area contributed by atoms with Crippen LogP contribution in [0.15, 0.2) is 72.1 Å². The molecule has 1 heterocycles. The Morgan fingerprint density at radius 1 is 0.906 bits per heavy atom. The molecule has 8 heteroatoms. The number of benzene rings is 3. The molecule has 4 aromatic rings. The second-order valence-electron chi connectivity index (χ2n) is 6.94. The predicted molar refractivity (Wildman–Crippen MR) is 116 cm³/mol. The fourth-order valence-corrected chi connectivity index (χ4v) is 3.79. The molecule has 1 amide bonds. The van der Waals surface area contributed by atoms with Crippen LogP contribution in [0.1, 0.15) is 21.6 Å². The second kappa shape index (κ2) is 9.65. The summed E-state index contributed by atoms with van der Waals surface area (Å²) in [6.45, 7) is 0.228. The molecular formula is C24H17F3N2O2S. The van der Waals surface area contributed by atoms with Gasteiger partial charge in [0.15, 0.2) is 0 Å². The fourth-order valence-electron chi connectivity index (χ4n) is 2.99. The Kier molecular flexibility index (Phi) is 6.51. The van der Waals surface area contributed by atoms with Crippen molar-refractivity contribution >= 4 is 17.2 Å². The molecule has 0 aliphatic carbocycles. The Bertz CT molecular complexity index is 1220. The molecule has 4 nitrogen and oxygen atoms in total. The molecule has 0 radical (unpaired) electrons. The number of halogens is 3. The van der Waals surface area contributed by atoms with Crippen LogP contribution in [0.5, 0.6) is 5.75 Å². The van der Waals surface area contributed by atoms with Crippen molar-refractivity contribution in [2.24, 2.45) is 0 Å². The molecule has 162 valence electrons. The van der Waals surface area contributed by atoms with E-state index in [4.69, 9.17) is 4.74 Å². The minimum atomic E-state index is -0.654. The number of hydrogen-bond acceptors (Lipinski definition) is 4. The third-order valence-corrected chi connectivity index (χ3v) is 5.40. The van der Waals surface area contributed by atoms with Crippen LogP contribution in [0.25, 0.3) is 10.6 Å². The molecule has 0 aliphatic rings. The van der Waals surface area contributed by atoms with E-state index in [2.05, 4.69) is 10.3 Å². The molecule has 0 unspecified atom stereocenters. The van der Waals surface area contributed by atoms with Crippen molar-refractivity contribution in [1.82, 2.24) is 10.3 Å². The number of amides is 1. The number of hydrogen-bond donors (Lipinski definition) is 1. The smallest absolute Gasteiger partial charge is 0.271 e. The van der Waals surface area contributed by atoms with Gasteiger partial charge in [-0.2, -0.15) is 0 Å². The van der Waals surface area contributed by atoms with E-state index in [1.54, 1.807) is 41.8 Å². The first kappa shape index (κ1) is 21.6. The van der Waals surface area contributed by atoms with Crippen LogP contribution in [0, 0.1) is 17.5 Å². The second-order valence-corrected chi connectivity index (χ2v) is 7.80. The number of rotatable bonds is 7. The van der Waals surface area contributed by atoms with Gasteiger partial charge in [-0.05, 0) is 59.7 Å². The molecule has 0 atom stereocenters. The third-order valence-electron chi connectivity index (χ3n) is 4.51. The standard InChI is InChI=1S/C24H17F3N2O2S/c25-18-3-1-2-15(8-18)12-28-23(30)22-14-32-24(29-22)17-4-6-21(7-5-17)31-13-16-9-19(26)11-20(27)10-16/h1-11,14H,12-13H2,(H,28,30). The largest absolute Gasteiger partial charge is 0.489 e. The first-order chi connectivity index (χ1) is 15.5. The first-order valence-corrected chi connectivity index (χ1v) is 10.5. The maximum atomic E-state index is 13.3. The number of nitrogens with one attached hydrogen (secondary N) is 1. The third kappa shape index (κ3) is 5.53. The van der Waals surface area contributed by atoms with Crippen molar-refractivity contribution in [3.8, 4) is 16.3 Å². The molecule has 4 rings (SSSR count).